The van der Waals surface area contributed by atoms with Gasteiger partial charge in [-0.05, 0) is 30.5 Å². The number of phenolic OH excluding ortho intramolecular Hbond substituents is 1. The second kappa shape index (κ2) is 7.41. The molecule has 0 saturated carbocycles. The van der Waals surface area contributed by atoms with Gasteiger partial charge < -0.3 is 20.6 Å². The van der Waals surface area contributed by atoms with E-state index in [4.69, 9.17) is 0 Å². The molecule has 0 aromatic heterocycles. The van der Waals surface area contributed by atoms with Gasteiger partial charge in [-0.25, -0.2) is 4.79 Å². The van der Waals surface area contributed by atoms with Crippen LogP contribution in [0.2, 0.25) is 0 Å². The number of carbonyl (C=O) groups is 2. The molecule has 1 fully saturated rings. The van der Waals surface area contributed by atoms with E-state index < -0.39 is 30.7 Å². The number of hydrogen-bond donors (Lipinski definition) is 3. The molecule has 1 aliphatic heterocycles. The van der Waals surface area contributed by atoms with Crippen LogP contribution in [0, 0.1) is 0 Å². The van der Waals surface area contributed by atoms with Crippen molar-refractivity contribution < 1.29 is 27.9 Å². The average molecular weight is 345 g/mol. The van der Waals surface area contributed by atoms with E-state index in [0.717, 1.165) is 5.56 Å². The molecule has 0 aliphatic carbocycles. The van der Waals surface area contributed by atoms with Crippen LogP contribution in [-0.2, 0) is 11.3 Å². The van der Waals surface area contributed by atoms with E-state index in [1.807, 2.05) is 5.32 Å². The number of carbonyl (C=O) groups excluding carboxylic acids is 2. The Morgan fingerprint density at radius 1 is 1.21 bits per heavy atom. The van der Waals surface area contributed by atoms with Gasteiger partial charge >= 0.3 is 12.2 Å². The van der Waals surface area contributed by atoms with Crippen molar-refractivity contribution >= 4 is 11.9 Å². The predicted octanol–water partition coefficient (Wildman–Crippen LogP) is 1.74. The molecule has 2 rings (SSSR count). The van der Waals surface area contributed by atoms with Crippen LogP contribution in [-0.4, -0.2) is 47.3 Å². The normalized spacial score (nSPS) is 17.6. The molecule has 0 unspecified atom stereocenters. The summed E-state index contributed by atoms with van der Waals surface area (Å²) in [7, 11) is 0. The molecule has 1 saturated heterocycles. The van der Waals surface area contributed by atoms with Gasteiger partial charge in [0.15, 0.2) is 0 Å². The van der Waals surface area contributed by atoms with Gasteiger partial charge in [0.1, 0.15) is 18.3 Å². The topological polar surface area (TPSA) is 81.7 Å². The van der Waals surface area contributed by atoms with Crippen LogP contribution in [0.15, 0.2) is 24.3 Å². The monoisotopic (exact) mass is 345 g/mol. The summed E-state index contributed by atoms with van der Waals surface area (Å²) in [5.41, 5.74) is 0.749. The summed E-state index contributed by atoms with van der Waals surface area (Å²) in [6.07, 6.45) is -3.60. The number of benzene rings is 1. The van der Waals surface area contributed by atoms with Crippen molar-refractivity contribution in [1.29, 1.82) is 0 Å². The Morgan fingerprint density at radius 3 is 2.50 bits per heavy atom. The third kappa shape index (κ3) is 5.04. The van der Waals surface area contributed by atoms with Gasteiger partial charge in [0.05, 0.1) is 0 Å². The van der Waals surface area contributed by atoms with Crippen LogP contribution in [0.4, 0.5) is 18.0 Å². The smallest absolute Gasteiger partial charge is 0.405 e. The quantitative estimate of drug-likeness (QED) is 0.778. The third-order valence-corrected chi connectivity index (χ3v) is 3.66. The molecule has 6 nitrogen and oxygen atoms in total. The summed E-state index contributed by atoms with van der Waals surface area (Å²) >= 11 is 0. The van der Waals surface area contributed by atoms with E-state index in [-0.39, 0.29) is 12.3 Å². The van der Waals surface area contributed by atoms with Gasteiger partial charge in [0.2, 0.25) is 5.91 Å². The number of rotatable bonds is 4. The molecule has 24 heavy (non-hydrogen) atoms. The van der Waals surface area contributed by atoms with E-state index >= 15 is 0 Å². The number of aromatic hydroxyl groups is 1. The lowest BCUT2D eigenvalue weighted by Crippen LogP contribution is -2.50. The maximum Gasteiger partial charge on any atom is 0.405 e. The summed E-state index contributed by atoms with van der Waals surface area (Å²) in [6.45, 7) is -0.913. The predicted molar refractivity (Wildman–Crippen MR) is 79.1 cm³/mol. The standard InChI is InChI=1S/C15H18F3N3O3/c16-15(17,18)9-20-13(23)12-2-1-7-21(12)14(24)19-8-10-3-5-11(22)6-4-10/h3-6,12,22H,1-2,7-9H2,(H,19,24)(H,20,23)/t12-/m1/s1. The first-order valence-electron chi connectivity index (χ1n) is 7.43. The van der Waals surface area contributed by atoms with E-state index in [1.165, 1.54) is 17.0 Å². The Bertz CT molecular complexity index is 590. The minimum absolute atomic E-state index is 0.103. The second-order valence-electron chi connectivity index (χ2n) is 5.51. The molecule has 9 heteroatoms. The molecule has 1 atom stereocenters. The summed E-state index contributed by atoms with van der Waals surface area (Å²) in [4.78, 5) is 25.3. The first kappa shape index (κ1) is 17.9. The lowest BCUT2D eigenvalue weighted by atomic mass is 10.2. The number of hydrogen-bond acceptors (Lipinski definition) is 3. The fraction of sp³-hybridized carbons (Fsp3) is 0.467. The number of phenols is 1. The molecular formula is C15H18F3N3O3. The Kier molecular flexibility index (Phi) is 5.53. The fourth-order valence-electron chi connectivity index (χ4n) is 2.48. The van der Waals surface area contributed by atoms with Gasteiger partial charge in [-0.3, -0.25) is 4.79 Å². The number of urea groups is 1. The largest absolute Gasteiger partial charge is 0.508 e. The Balaban J connectivity index is 1.88. The van der Waals surface area contributed by atoms with Crippen molar-refractivity contribution in [2.75, 3.05) is 13.1 Å². The number of nitrogens with zero attached hydrogens (tertiary/aromatic N) is 1. The number of likely N-dealkylation sites (tertiary alicyclic amines) is 1. The maximum absolute atomic E-state index is 12.2. The molecular weight excluding hydrogens is 327 g/mol. The van der Waals surface area contributed by atoms with Crippen molar-refractivity contribution in [2.24, 2.45) is 0 Å². The minimum Gasteiger partial charge on any atom is -0.508 e. The molecule has 0 radical (unpaired) electrons. The summed E-state index contributed by atoms with van der Waals surface area (Å²) < 4.78 is 36.5. The van der Waals surface area contributed by atoms with Crippen molar-refractivity contribution in [1.82, 2.24) is 15.5 Å². The fourth-order valence-corrected chi connectivity index (χ4v) is 2.48. The van der Waals surface area contributed by atoms with Crippen molar-refractivity contribution in [3.05, 3.63) is 29.8 Å². The number of alkyl halides is 3. The van der Waals surface area contributed by atoms with Crippen LogP contribution in [0.3, 0.4) is 0 Å². The van der Waals surface area contributed by atoms with Gasteiger partial charge in [0.25, 0.3) is 0 Å². The molecule has 132 valence electrons. The first-order chi connectivity index (χ1) is 11.3. The van der Waals surface area contributed by atoms with E-state index in [0.29, 0.717) is 19.4 Å². The lowest BCUT2D eigenvalue weighted by Gasteiger charge is -2.24. The van der Waals surface area contributed by atoms with Crippen molar-refractivity contribution in [3.8, 4) is 5.75 Å². The zero-order chi connectivity index (χ0) is 17.7. The van der Waals surface area contributed by atoms with E-state index in [2.05, 4.69) is 5.32 Å². The highest BCUT2D eigenvalue weighted by atomic mass is 19.4. The van der Waals surface area contributed by atoms with Crippen LogP contribution in [0.25, 0.3) is 0 Å². The molecule has 3 amide bonds. The maximum atomic E-state index is 12.2. The van der Waals surface area contributed by atoms with Crippen LogP contribution in [0.1, 0.15) is 18.4 Å². The Labute approximate surface area is 136 Å². The first-order valence-corrected chi connectivity index (χ1v) is 7.43. The average Bonchev–Trinajstić information content (AvgIpc) is 3.01. The van der Waals surface area contributed by atoms with Gasteiger partial charge in [-0.1, -0.05) is 12.1 Å². The molecule has 1 heterocycles. The number of nitrogens with one attached hydrogen (secondary N) is 2. The summed E-state index contributed by atoms with van der Waals surface area (Å²) in [6, 6.07) is 4.82. The second-order valence-corrected chi connectivity index (χ2v) is 5.51. The van der Waals surface area contributed by atoms with Gasteiger partial charge in [-0.2, -0.15) is 13.2 Å². The van der Waals surface area contributed by atoms with E-state index in [9.17, 15) is 27.9 Å². The molecule has 1 aromatic rings. The molecule has 0 bridgehead atoms. The van der Waals surface area contributed by atoms with Crippen LogP contribution in [0.5, 0.6) is 5.75 Å². The number of amides is 3. The highest BCUT2D eigenvalue weighted by Gasteiger charge is 2.36. The zero-order valence-corrected chi connectivity index (χ0v) is 12.8. The molecule has 1 aliphatic rings. The summed E-state index contributed by atoms with van der Waals surface area (Å²) in [5, 5.41) is 13.6. The highest BCUT2D eigenvalue weighted by molar-refractivity contribution is 5.87. The summed E-state index contributed by atoms with van der Waals surface area (Å²) in [5.74, 6) is -0.698. The molecule has 3 N–H and O–H groups in total. The van der Waals surface area contributed by atoms with Crippen molar-refractivity contribution in [3.63, 3.8) is 0 Å². The number of halogens is 3. The van der Waals surface area contributed by atoms with Crippen LogP contribution < -0.4 is 10.6 Å². The van der Waals surface area contributed by atoms with E-state index in [1.54, 1.807) is 12.1 Å². The third-order valence-electron chi connectivity index (χ3n) is 3.66. The molecule has 0 spiro atoms. The SMILES string of the molecule is O=C(NCC(F)(F)F)[C@H]1CCCN1C(=O)NCc1ccc(O)cc1. The highest BCUT2D eigenvalue weighted by Crippen LogP contribution is 2.19. The van der Waals surface area contributed by atoms with Crippen molar-refractivity contribution in [2.45, 2.75) is 31.6 Å². The zero-order valence-electron chi connectivity index (χ0n) is 12.8. The van der Waals surface area contributed by atoms with Gasteiger partial charge in [0, 0.05) is 13.1 Å². The minimum atomic E-state index is -4.49. The lowest BCUT2D eigenvalue weighted by molar-refractivity contribution is -0.140. The van der Waals surface area contributed by atoms with Gasteiger partial charge in [-0.15, -0.1) is 0 Å². The van der Waals surface area contributed by atoms with Crippen LogP contribution >= 0.6 is 0 Å². The molecule has 1 aromatic carbocycles. The Morgan fingerprint density at radius 2 is 1.88 bits per heavy atom. The Hall–Kier alpha value is -2.45.